The summed E-state index contributed by atoms with van der Waals surface area (Å²) in [5.41, 5.74) is 0. The highest BCUT2D eigenvalue weighted by Crippen LogP contribution is 2.14. The van der Waals surface area contributed by atoms with Gasteiger partial charge in [-0.1, -0.05) is 32.9 Å². The highest BCUT2D eigenvalue weighted by Gasteiger charge is 2.33. The van der Waals surface area contributed by atoms with Crippen LogP contribution in [0.3, 0.4) is 0 Å². The maximum absolute atomic E-state index is 12.8. The van der Waals surface area contributed by atoms with Crippen molar-refractivity contribution in [1.82, 2.24) is 19.8 Å². The molecular weight excluding hydrogens is 1180 g/mol. The van der Waals surface area contributed by atoms with E-state index >= 15 is 0 Å². The predicted molar refractivity (Wildman–Crippen MR) is 324 cm³/mol. The fraction of sp³-hybridized carbons (Fsp3) is 0.746. The number of amides is 2. The second-order valence-electron chi connectivity index (χ2n) is 21.2. The van der Waals surface area contributed by atoms with Gasteiger partial charge in [-0.05, 0) is 116 Å². The first-order valence-corrected chi connectivity index (χ1v) is 32.0. The van der Waals surface area contributed by atoms with Gasteiger partial charge in [-0.3, -0.25) is 43.2 Å². The topological polar surface area (TPSA) is 330 Å². The summed E-state index contributed by atoms with van der Waals surface area (Å²) < 4.78 is 47.4. The van der Waals surface area contributed by atoms with E-state index in [0.29, 0.717) is 141 Å². The molecule has 0 radical (unpaired) electrons. The van der Waals surface area contributed by atoms with Crippen LogP contribution in [-0.2, 0) is 105 Å². The van der Waals surface area contributed by atoms with Crippen molar-refractivity contribution in [2.75, 3.05) is 125 Å². The van der Waals surface area contributed by atoms with Crippen molar-refractivity contribution in [2.45, 2.75) is 180 Å². The quantitative estimate of drug-likeness (QED) is 0.0257. The molecule has 27 nitrogen and oxygen atoms in total. The third kappa shape index (κ3) is 47.2. The van der Waals surface area contributed by atoms with Gasteiger partial charge in [0.05, 0.1) is 111 Å². The summed E-state index contributed by atoms with van der Waals surface area (Å²) in [6, 6.07) is 0. The van der Waals surface area contributed by atoms with Gasteiger partial charge in [-0.2, -0.15) is 0 Å². The predicted octanol–water partition coefficient (Wildman–Crippen LogP) is 5.53. The Kier molecular flexibility index (Phi) is 49.6. The van der Waals surface area contributed by atoms with Crippen LogP contribution in [0.15, 0.2) is 25.3 Å². The SMILES string of the molecule is C=CC(=O)OCCCCOC(=O)CCN(CCCCCO)CCC(=O)OCCCCOC(=O)CCN(CCCCC)CCC(=O)OCCCCOC(=O)CCN(CCCCCOC(=O)CCC(=O)ON1C(=O)CCC1=O)CCC(=O)OCCCCOC(=O)C=C. The third-order valence-electron chi connectivity index (χ3n) is 13.7. The minimum Gasteiger partial charge on any atom is -0.466 e. The Morgan fingerprint density at radius 2 is 0.611 bits per heavy atom. The van der Waals surface area contributed by atoms with Crippen LogP contribution in [0.25, 0.3) is 0 Å². The van der Waals surface area contributed by atoms with E-state index < -0.39 is 47.6 Å². The number of carbonyl (C=O) groups is 12. The van der Waals surface area contributed by atoms with Gasteiger partial charge in [-0.15, -0.1) is 5.06 Å². The molecule has 2 amide bonds. The maximum Gasteiger partial charge on any atom is 0.333 e. The average Bonchev–Trinajstić information content (AvgIpc) is 3.12. The molecule has 0 atom stereocenters. The Bertz CT molecular complexity index is 2130. The molecule has 0 aromatic rings. The number of imide groups is 1. The monoisotopic (exact) mass is 1280 g/mol. The Morgan fingerprint density at radius 3 is 0.900 bits per heavy atom. The summed E-state index contributed by atoms with van der Waals surface area (Å²) in [5, 5.41) is 9.56. The molecule has 512 valence electrons. The first-order valence-electron chi connectivity index (χ1n) is 32.0. The van der Waals surface area contributed by atoms with E-state index in [-0.39, 0.29) is 154 Å². The summed E-state index contributed by atoms with van der Waals surface area (Å²) in [6.07, 6.45) is 12.9. The number of aliphatic hydroxyl groups excluding tert-OH is 1. The Balaban J connectivity index is 2.41. The van der Waals surface area contributed by atoms with Crippen molar-refractivity contribution in [2.24, 2.45) is 0 Å². The first kappa shape index (κ1) is 81.2. The summed E-state index contributed by atoms with van der Waals surface area (Å²) in [7, 11) is 0. The van der Waals surface area contributed by atoms with Gasteiger partial charge in [0.15, 0.2) is 0 Å². The summed E-state index contributed by atoms with van der Waals surface area (Å²) in [5.74, 6) is -6.20. The van der Waals surface area contributed by atoms with Gasteiger partial charge in [-0.25, -0.2) is 14.4 Å². The zero-order valence-electron chi connectivity index (χ0n) is 53.3. The summed E-state index contributed by atoms with van der Waals surface area (Å²) in [4.78, 5) is 156. The molecule has 1 aliphatic rings. The molecule has 0 aromatic carbocycles. The lowest BCUT2D eigenvalue weighted by Gasteiger charge is -2.21. The number of hydroxylamine groups is 2. The number of ether oxygens (including phenoxy) is 9. The molecular formula is C63H102N4O23. The van der Waals surface area contributed by atoms with E-state index in [1.54, 1.807) is 0 Å². The second kappa shape index (κ2) is 55.0. The van der Waals surface area contributed by atoms with Gasteiger partial charge in [0.1, 0.15) is 0 Å². The van der Waals surface area contributed by atoms with Crippen molar-refractivity contribution in [3.05, 3.63) is 25.3 Å². The Labute approximate surface area is 530 Å². The maximum atomic E-state index is 12.8. The van der Waals surface area contributed by atoms with Crippen molar-refractivity contribution < 1.29 is 110 Å². The van der Waals surface area contributed by atoms with Crippen LogP contribution in [0.4, 0.5) is 0 Å². The van der Waals surface area contributed by atoms with E-state index in [2.05, 4.69) is 20.1 Å². The standard InChI is InChI=1S/C63H102N4O23/c1-4-7-10-33-64(36-27-57(74)86-48-19-21-50-88-60(77)30-39-65(34-11-8-13-42-68)38-29-59(76)84-46-17-15-44-81-54(71)5-2)37-28-58(75)87-49-20-22-51-89-62(79)32-41-66(40-31-61(78)85-47-18-16-45-82-55(72)6-3)35-12-9-14-43-83-56(73)25-26-63(80)90-67-52(69)23-24-53(67)70/h5-6,68H,2-4,7-51H2,1H3. The van der Waals surface area contributed by atoms with Gasteiger partial charge in [0, 0.05) is 70.9 Å². The Morgan fingerprint density at radius 1 is 0.356 bits per heavy atom. The molecule has 0 aliphatic carbocycles. The molecule has 1 N–H and O–H groups in total. The zero-order valence-corrected chi connectivity index (χ0v) is 53.3. The van der Waals surface area contributed by atoms with E-state index in [1.165, 1.54) is 0 Å². The van der Waals surface area contributed by atoms with Crippen LogP contribution in [0.1, 0.15) is 180 Å². The molecule has 0 bridgehead atoms. The van der Waals surface area contributed by atoms with Crippen LogP contribution in [0.5, 0.6) is 0 Å². The number of hydrogen-bond acceptors (Lipinski definition) is 26. The van der Waals surface area contributed by atoms with Gasteiger partial charge < -0.3 is 67.3 Å². The third-order valence-corrected chi connectivity index (χ3v) is 13.7. The number of unbranched alkanes of at least 4 members (excludes halogenated alkanes) is 10. The van der Waals surface area contributed by atoms with Crippen LogP contribution in [0.2, 0.25) is 0 Å². The fourth-order valence-corrected chi connectivity index (χ4v) is 8.42. The molecule has 27 heteroatoms. The van der Waals surface area contributed by atoms with Gasteiger partial charge in [0.25, 0.3) is 11.8 Å². The number of esters is 9. The van der Waals surface area contributed by atoms with Crippen LogP contribution in [-0.4, -0.2) is 221 Å². The summed E-state index contributed by atoms with van der Waals surface area (Å²) in [6.45, 7) is 14.3. The van der Waals surface area contributed by atoms with Crippen LogP contribution < -0.4 is 0 Å². The smallest absolute Gasteiger partial charge is 0.333 e. The second-order valence-corrected chi connectivity index (χ2v) is 21.2. The minimum atomic E-state index is -0.902. The van der Waals surface area contributed by atoms with Gasteiger partial charge in [0.2, 0.25) is 0 Å². The molecule has 1 saturated heterocycles. The molecule has 1 aliphatic heterocycles. The van der Waals surface area contributed by atoms with Crippen LogP contribution in [0, 0.1) is 0 Å². The minimum absolute atomic E-state index is 0.0451. The zero-order chi connectivity index (χ0) is 66.2. The van der Waals surface area contributed by atoms with E-state index in [1.807, 2.05) is 14.7 Å². The number of carbonyl (C=O) groups excluding carboxylic acids is 12. The molecule has 0 aromatic heterocycles. The first-order chi connectivity index (χ1) is 43.5. The van der Waals surface area contributed by atoms with E-state index in [9.17, 15) is 57.5 Å². The lowest BCUT2D eigenvalue weighted by molar-refractivity contribution is -0.197. The van der Waals surface area contributed by atoms with Gasteiger partial charge >= 0.3 is 59.7 Å². The van der Waals surface area contributed by atoms with E-state index in [0.717, 1.165) is 44.3 Å². The highest BCUT2D eigenvalue weighted by molar-refractivity contribution is 6.01. The van der Waals surface area contributed by atoms with Crippen molar-refractivity contribution in [3.8, 4) is 0 Å². The molecule has 1 fully saturated rings. The molecule has 90 heavy (non-hydrogen) atoms. The fourth-order valence-electron chi connectivity index (χ4n) is 8.42. The largest absolute Gasteiger partial charge is 0.466 e. The molecule has 1 rings (SSSR count). The van der Waals surface area contributed by atoms with Crippen molar-refractivity contribution >= 4 is 71.5 Å². The molecule has 0 unspecified atom stereocenters. The lowest BCUT2D eigenvalue weighted by atomic mass is 10.2. The van der Waals surface area contributed by atoms with E-state index in [4.69, 9.17) is 52.6 Å². The number of hydrogen-bond donors (Lipinski definition) is 1. The Hall–Kier alpha value is -6.84. The number of aliphatic hydroxyl groups is 1. The highest BCUT2D eigenvalue weighted by atomic mass is 16.7. The summed E-state index contributed by atoms with van der Waals surface area (Å²) >= 11 is 0. The van der Waals surface area contributed by atoms with Crippen LogP contribution >= 0.6 is 0 Å². The molecule has 0 spiro atoms. The number of rotatable bonds is 59. The normalized spacial score (nSPS) is 11.9. The number of nitrogens with zero attached hydrogens (tertiary/aromatic N) is 4. The van der Waals surface area contributed by atoms with Crippen molar-refractivity contribution in [3.63, 3.8) is 0 Å². The average molecular weight is 1280 g/mol. The molecule has 0 saturated carbocycles. The van der Waals surface area contributed by atoms with Crippen molar-refractivity contribution in [1.29, 1.82) is 0 Å². The molecule has 1 heterocycles. The lowest BCUT2D eigenvalue weighted by Crippen LogP contribution is -2.32.